The Balaban J connectivity index is 2.28. The summed E-state index contributed by atoms with van der Waals surface area (Å²) >= 11 is 0. The molecule has 10 heteroatoms. The summed E-state index contributed by atoms with van der Waals surface area (Å²) in [5.74, 6) is -1.56. The van der Waals surface area contributed by atoms with E-state index in [1.807, 2.05) is 0 Å². The molecule has 0 aromatic carbocycles. The van der Waals surface area contributed by atoms with E-state index in [-0.39, 0.29) is 18.1 Å². The van der Waals surface area contributed by atoms with Crippen molar-refractivity contribution in [2.75, 3.05) is 19.9 Å². The molecule has 1 aliphatic rings. The van der Waals surface area contributed by atoms with Crippen LogP contribution in [0.15, 0.2) is 5.28 Å². The second-order valence-corrected chi connectivity index (χ2v) is 5.43. The van der Waals surface area contributed by atoms with Crippen LogP contribution in [-0.4, -0.2) is 52.7 Å². The molecule has 0 radical (unpaired) electrons. The zero-order chi connectivity index (χ0) is 16.0. The topological polar surface area (TPSA) is 124 Å². The average molecular weight is 305 g/mol. The molecule has 0 spiro atoms. The van der Waals surface area contributed by atoms with Crippen LogP contribution >= 0.6 is 0 Å². The van der Waals surface area contributed by atoms with E-state index in [2.05, 4.69) is 14.9 Å². The summed E-state index contributed by atoms with van der Waals surface area (Å²) in [5, 5.41) is 24.6. The number of carbonyl (C=O) groups excluding carboxylic acids is 1. The molecule has 0 bridgehead atoms. The maximum Gasteiger partial charge on any atom is 0.511 e. The van der Waals surface area contributed by atoms with Gasteiger partial charge in [0.1, 0.15) is 5.60 Å². The van der Waals surface area contributed by atoms with E-state index in [1.54, 1.807) is 20.8 Å². The fourth-order valence-corrected chi connectivity index (χ4v) is 1.58. The minimum Gasteiger partial charge on any atom is -0.569 e. The third-order valence-corrected chi connectivity index (χ3v) is 2.50. The molecule has 1 rings (SSSR count). The summed E-state index contributed by atoms with van der Waals surface area (Å²) in [6.07, 6.45) is -0.583. The lowest BCUT2D eigenvalue weighted by Crippen LogP contribution is -2.30. The van der Waals surface area contributed by atoms with Gasteiger partial charge in [-0.1, -0.05) is 0 Å². The zero-order valence-corrected chi connectivity index (χ0v) is 12.1. The Morgan fingerprint density at radius 3 is 2.67 bits per heavy atom. The summed E-state index contributed by atoms with van der Waals surface area (Å²) in [5.41, 5.74) is -0.694. The van der Waals surface area contributed by atoms with E-state index in [1.165, 1.54) is 5.01 Å². The van der Waals surface area contributed by atoms with Gasteiger partial charge in [-0.15, -0.1) is 5.01 Å². The molecule has 1 atom stereocenters. The van der Waals surface area contributed by atoms with Crippen molar-refractivity contribution in [3.63, 3.8) is 0 Å². The van der Waals surface area contributed by atoms with Gasteiger partial charge in [-0.3, -0.25) is 4.79 Å². The van der Waals surface area contributed by atoms with Gasteiger partial charge in [-0.05, 0) is 27.2 Å². The van der Waals surface area contributed by atoms with Crippen LogP contribution < -0.4 is 0 Å². The van der Waals surface area contributed by atoms with Crippen LogP contribution in [0.3, 0.4) is 0 Å². The Labute approximate surface area is 121 Å². The van der Waals surface area contributed by atoms with E-state index in [0.29, 0.717) is 6.42 Å². The highest BCUT2D eigenvalue weighted by Crippen LogP contribution is 2.16. The molecular weight excluding hydrogens is 286 g/mol. The van der Waals surface area contributed by atoms with Gasteiger partial charge in [0.25, 0.3) is 6.79 Å². The summed E-state index contributed by atoms with van der Waals surface area (Å²) < 4.78 is 9.37. The van der Waals surface area contributed by atoms with Crippen LogP contribution in [0.2, 0.25) is 0 Å². The minimum absolute atomic E-state index is 0.0542. The second kappa shape index (κ2) is 6.95. The average Bonchev–Trinajstić information content (AvgIpc) is 2.81. The van der Waals surface area contributed by atoms with Gasteiger partial charge in [-0.25, -0.2) is 4.79 Å². The molecule has 1 unspecified atom stereocenters. The monoisotopic (exact) mass is 305 g/mol. The molecule has 1 saturated heterocycles. The Kier molecular flexibility index (Phi) is 5.56. The smallest absolute Gasteiger partial charge is 0.511 e. The molecule has 1 heterocycles. The molecule has 1 N–H and O–H groups in total. The molecule has 1 fully saturated rings. The van der Waals surface area contributed by atoms with Crippen molar-refractivity contribution in [1.29, 1.82) is 0 Å². The number of nitrogens with zero attached hydrogens (tertiary/aromatic N) is 3. The van der Waals surface area contributed by atoms with E-state index in [4.69, 9.17) is 9.84 Å². The molecule has 0 aromatic heterocycles. The first-order valence-corrected chi connectivity index (χ1v) is 6.32. The van der Waals surface area contributed by atoms with Crippen LogP contribution in [0.4, 0.5) is 4.79 Å². The lowest BCUT2D eigenvalue weighted by Gasteiger charge is -2.18. The molecule has 0 aliphatic carbocycles. The van der Waals surface area contributed by atoms with E-state index in [0.717, 1.165) is 0 Å². The summed E-state index contributed by atoms with van der Waals surface area (Å²) in [6.45, 7) is 4.75. The molecule has 10 nitrogen and oxygen atoms in total. The van der Waals surface area contributed by atoms with Crippen molar-refractivity contribution in [1.82, 2.24) is 5.01 Å². The van der Waals surface area contributed by atoms with Gasteiger partial charge < -0.3 is 24.6 Å². The summed E-state index contributed by atoms with van der Waals surface area (Å²) in [7, 11) is 0. The highest BCUT2D eigenvalue weighted by molar-refractivity contribution is 5.70. The highest BCUT2D eigenvalue weighted by Gasteiger charge is 2.32. The van der Waals surface area contributed by atoms with Crippen molar-refractivity contribution < 1.29 is 34.0 Å². The molecule has 1 aliphatic heterocycles. The van der Waals surface area contributed by atoms with Crippen molar-refractivity contribution in [3.05, 3.63) is 5.21 Å². The zero-order valence-electron chi connectivity index (χ0n) is 12.1. The number of hydrogen-bond donors (Lipinski definition) is 1. The number of rotatable bonds is 5. The van der Waals surface area contributed by atoms with Gasteiger partial charge in [0, 0.05) is 0 Å². The number of aliphatic carboxylic acids is 1. The third kappa shape index (κ3) is 6.15. The molecule has 0 aromatic rings. The Bertz CT molecular complexity index is 419. The SMILES string of the molecule is CC(C)(C)OC(=O)OCON=[N+]([O-])N1CCC(C(=O)O)C1. The Hall–Kier alpha value is -2.26. The van der Waals surface area contributed by atoms with Gasteiger partial charge in [0.05, 0.1) is 24.0 Å². The number of ether oxygens (including phenoxy) is 2. The number of carboxylic acids is 1. The van der Waals surface area contributed by atoms with Gasteiger partial charge in [-0.2, -0.15) is 0 Å². The van der Waals surface area contributed by atoms with E-state index < -0.39 is 30.4 Å². The van der Waals surface area contributed by atoms with Gasteiger partial charge in [0.15, 0.2) is 0 Å². The lowest BCUT2D eigenvalue weighted by molar-refractivity contribution is -0.708. The van der Waals surface area contributed by atoms with Crippen molar-refractivity contribution >= 4 is 12.1 Å². The Morgan fingerprint density at radius 1 is 1.48 bits per heavy atom. The fourth-order valence-electron chi connectivity index (χ4n) is 1.58. The quantitative estimate of drug-likeness (QED) is 0.200. The highest BCUT2D eigenvalue weighted by atomic mass is 16.8. The second-order valence-electron chi connectivity index (χ2n) is 5.43. The van der Waals surface area contributed by atoms with Gasteiger partial charge in [0.2, 0.25) is 5.28 Å². The van der Waals surface area contributed by atoms with Crippen molar-refractivity contribution in [2.24, 2.45) is 11.2 Å². The first-order chi connectivity index (χ1) is 9.69. The number of hydrogen-bond acceptors (Lipinski definition) is 7. The van der Waals surface area contributed by atoms with Crippen LogP contribution in [0, 0.1) is 11.1 Å². The fraction of sp³-hybridized carbons (Fsp3) is 0.818. The largest absolute Gasteiger partial charge is 0.569 e. The number of hydrazine groups is 1. The van der Waals surface area contributed by atoms with Crippen LogP contribution in [-0.2, 0) is 19.1 Å². The molecular formula is C11H19N3O7. The molecule has 0 saturated carbocycles. The maximum absolute atomic E-state index is 11.5. The van der Waals surface area contributed by atoms with E-state index in [9.17, 15) is 14.8 Å². The standard InChI is InChI=1S/C11H19N3O7/c1-11(2,3)21-10(17)19-7-20-12-14(18)13-5-4-8(6-13)9(15)16/h8H,4-7H2,1-3H3,(H,15,16). The van der Waals surface area contributed by atoms with Crippen LogP contribution in [0.1, 0.15) is 27.2 Å². The molecule has 21 heavy (non-hydrogen) atoms. The summed E-state index contributed by atoms with van der Waals surface area (Å²) in [4.78, 5) is 26.5. The number of carboxylic acid groups (broad SMARTS) is 1. The summed E-state index contributed by atoms with van der Waals surface area (Å²) in [6, 6.07) is 0. The first-order valence-electron chi connectivity index (χ1n) is 6.32. The van der Waals surface area contributed by atoms with E-state index >= 15 is 0 Å². The maximum atomic E-state index is 11.5. The Morgan fingerprint density at radius 2 is 2.14 bits per heavy atom. The van der Waals surface area contributed by atoms with Crippen molar-refractivity contribution in [2.45, 2.75) is 32.8 Å². The lowest BCUT2D eigenvalue weighted by atomic mass is 10.1. The van der Waals surface area contributed by atoms with Crippen LogP contribution in [0.25, 0.3) is 0 Å². The minimum atomic E-state index is -0.958. The number of carbonyl (C=O) groups is 2. The molecule has 0 amide bonds. The normalized spacial score (nSPS) is 19.3. The first kappa shape index (κ1) is 16.8. The predicted octanol–water partition coefficient (Wildman–Crippen LogP) is 1.11. The van der Waals surface area contributed by atoms with Crippen molar-refractivity contribution in [3.8, 4) is 0 Å². The predicted molar refractivity (Wildman–Crippen MR) is 66.6 cm³/mol. The van der Waals surface area contributed by atoms with Gasteiger partial charge >= 0.3 is 12.1 Å². The molecule has 120 valence electrons. The third-order valence-electron chi connectivity index (χ3n) is 2.50. The van der Waals surface area contributed by atoms with Crippen LogP contribution in [0.5, 0.6) is 0 Å².